The van der Waals surface area contributed by atoms with Crippen molar-refractivity contribution >= 4 is 23.0 Å². The Kier molecular flexibility index (Phi) is 4.20. The molecule has 0 amide bonds. The maximum Gasteiger partial charge on any atom is 0.0444 e. The van der Waals surface area contributed by atoms with Crippen molar-refractivity contribution in [1.82, 2.24) is 0 Å². The maximum atomic E-state index is 6.24. The van der Waals surface area contributed by atoms with E-state index in [-0.39, 0.29) is 0 Å². The fourth-order valence-electron chi connectivity index (χ4n) is 2.06. The zero-order valence-corrected chi connectivity index (χ0v) is 13.2. The van der Waals surface area contributed by atoms with E-state index in [0.717, 1.165) is 27.5 Å². The molecule has 0 heterocycles. The summed E-state index contributed by atoms with van der Waals surface area (Å²) < 4.78 is 0. The monoisotopic (exact) mass is 285 g/mol. The van der Waals surface area contributed by atoms with Crippen LogP contribution in [0.25, 0.3) is 5.70 Å². The molecule has 1 nitrogen and oxygen atoms in total. The zero-order chi connectivity index (χ0) is 14.9. The van der Waals surface area contributed by atoms with Gasteiger partial charge in [0, 0.05) is 16.4 Å². The molecular weight excluding hydrogens is 266 g/mol. The molecule has 0 aromatic heterocycles. The van der Waals surface area contributed by atoms with Crippen LogP contribution in [0.15, 0.2) is 36.9 Å². The lowest BCUT2D eigenvalue weighted by Gasteiger charge is -2.14. The van der Waals surface area contributed by atoms with Gasteiger partial charge in [0.05, 0.1) is 0 Å². The van der Waals surface area contributed by atoms with Crippen LogP contribution in [0.2, 0.25) is 5.02 Å². The molecule has 0 atom stereocenters. The molecule has 0 unspecified atom stereocenters. The molecule has 2 aromatic carbocycles. The molecule has 2 rings (SSSR count). The Labute approximate surface area is 126 Å². The Morgan fingerprint density at radius 3 is 2.25 bits per heavy atom. The van der Waals surface area contributed by atoms with Gasteiger partial charge in [-0.2, -0.15) is 0 Å². The zero-order valence-electron chi connectivity index (χ0n) is 12.5. The number of halogens is 1. The Balaban J connectivity index is 2.26. The van der Waals surface area contributed by atoms with Crippen molar-refractivity contribution in [2.24, 2.45) is 0 Å². The number of rotatable bonds is 3. The second-order valence-electron chi connectivity index (χ2n) is 5.30. The van der Waals surface area contributed by atoms with Gasteiger partial charge >= 0.3 is 0 Å². The van der Waals surface area contributed by atoms with Crippen molar-refractivity contribution in [2.45, 2.75) is 27.7 Å². The molecule has 0 aliphatic heterocycles. The second kappa shape index (κ2) is 5.72. The number of anilines is 1. The van der Waals surface area contributed by atoms with Gasteiger partial charge in [-0.25, -0.2) is 0 Å². The second-order valence-corrected chi connectivity index (χ2v) is 5.71. The van der Waals surface area contributed by atoms with E-state index in [1.54, 1.807) is 0 Å². The Morgan fingerprint density at radius 2 is 1.65 bits per heavy atom. The normalized spacial score (nSPS) is 10.4. The minimum atomic E-state index is 0.781. The van der Waals surface area contributed by atoms with E-state index in [9.17, 15) is 0 Å². The van der Waals surface area contributed by atoms with Crippen molar-refractivity contribution in [1.29, 1.82) is 0 Å². The average molecular weight is 286 g/mol. The number of hydrogen-bond donors (Lipinski definition) is 1. The summed E-state index contributed by atoms with van der Waals surface area (Å²) in [5.41, 5.74) is 7.78. The van der Waals surface area contributed by atoms with Gasteiger partial charge in [0.1, 0.15) is 0 Å². The predicted molar refractivity (Wildman–Crippen MR) is 89.5 cm³/mol. The third kappa shape index (κ3) is 3.05. The summed E-state index contributed by atoms with van der Waals surface area (Å²) in [6.45, 7) is 12.4. The van der Waals surface area contributed by atoms with E-state index < -0.39 is 0 Å². The van der Waals surface area contributed by atoms with Crippen molar-refractivity contribution < 1.29 is 0 Å². The molecule has 1 N–H and O–H groups in total. The highest BCUT2D eigenvalue weighted by Crippen LogP contribution is 2.26. The van der Waals surface area contributed by atoms with Gasteiger partial charge in [-0.3, -0.25) is 0 Å². The SMILES string of the molecule is C=C(Nc1ccc(C)c(C)c1)c1cc(C)c(C)c(Cl)c1. The Morgan fingerprint density at radius 1 is 0.950 bits per heavy atom. The minimum Gasteiger partial charge on any atom is -0.356 e. The average Bonchev–Trinajstić information content (AvgIpc) is 2.39. The largest absolute Gasteiger partial charge is 0.356 e. The quantitative estimate of drug-likeness (QED) is 0.767. The molecule has 0 saturated heterocycles. The first-order chi connectivity index (χ1) is 9.38. The molecule has 2 aromatic rings. The van der Waals surface area contributed by atoms with Gasteiger partial charge in [0.15, 0.2) is 0 Å². The Hall–Kier alpha value is -1.73. The van der Waals surface area contributed by atoms with E-state index in [0.29, 0.717) is 0 Å². The first-order valence-corrected chi connectivity index (χ1v) is 7.06. The molecule has 20 heavy (non-hydrogen) atoms. The van der Waals surface area contributed by atoms with Gasteiger partial charge in [-0.05, 0) is 79.8 Å². The van der Waals surface area contributed by atoms with E-state index in [4.69, 9.17) is 11.6 Å². The molecule has 0 fully saturated rings. The Bertz CT molecular complexity index is 648. The lowest BCUT2D eigenvalue weighted by molar-refractivity contribution is 1.32. The summed E-state index contributed by atoms with van der Waals surface area (Å²) in [7, 11) is 0. The number of benzene rings is 2. The van der Waals surface area contributed by atoms with Crippen LogP contribution >= 0.6 is 11.6 Å². The van der Waals surface area contributed by atoms with Gasteiger partial charge in [0.25, 0.3) is 0 Å². The van der Waals surface area contributed by atoms with Crippen LogP contribution < -0.4 is 5.32 Å². The summed E-state index contributed by atoms with van der Waals surface area (Å²) in [5.74, 6) is 0. The first kappa shape index (κ1) is 14.7. The van der Waals surface area contributed by atoms with Crippen molar-refractivity contribution in [3.8, 4) is 0 Å². The highest BCUT2D eigenvalue weighted by molar-refractivity contribution is 6.31. The summed E-state index contributed by atoms with van der Waals surface area (Å²) in [6.07, 6.45) is 0. The van der Waals surface area contributed by atoms with Crippen LogP contribution in [-0.4, -0.2) is 0 Å². The minimum absolute atomic E-state index is 0.781. The number of aryl methyl sites for hydroxylation is 3. The van der Waals surface area contributed by atoms with Crippen LogP contribution in [0.5, 0.6) is 0 Å². The maximum absolute atomic E-state index is 6.24. The molecule has 0 aliphatic carbocycles. The molecule has 0 saturated carbocycles. The van der Waals surface area contributed by atoms with E-state index in [2.05, 4.69) is 56.9 Å². The lowest BCUT2D eigenvalue weighted by Crippen LogP contribution is -1.99. The van der Waals surface area contributed by atoms with E-state index in [1.165, 1.54) is 16.7 Å². The van der Waals surface area contributed by atoms with E-state index in [1.807, 2.05) is 13.0 Å². The molecule has 0 aliphatic rings. The van der Waals surface area contributed by atoms with E-state index >= 15 is 0 Å². The third-order valence-electron chi connectivity index (χ3n) is 3.75. The molecule has 0 spiro atoms. The van der Waals surface area contributed by atoms with Crippen LogP contribution in [-0.2, 0) is 0 Å². The standard InChI is InChI=1S/C18H20ClN/c1-11-6-7-17(9-12(11)2)20-15(5)16-8-13(3)14(4)18(19)10-16/h6-10,20H,5H2,1-4H3. The van der Waals surface area contributed by atoms with Crippen LogP contribution in [0.1, 0.15) is 27.8 Å². The highest BCUT2D eigenvalue weighted by Gasteiger charge is 2.06. The van der Waals surface area contributed by atoms with Gasteiger partial charge in [0.2, 0.25) is 0 Å². The fraction of sp³-hybridized carbons (Fsp3) is 0.222. The van der Waals surface area contributed by atoms with Gasteiger partial charge in [-0.15, -0.1) is 0 Å². The fourth-order valence-corrected chi connectivity index (χ4v) is 2.32. The van der Waals surface area contributed by atoms with Crippen LogP contribution in [0.3, 0.4) is 0 Å². The molecule has 104 valence electrons. The third-order valence-corrected chi connectivity index (χ3v) is 4.15. The summed E-state index contributed by atoms with van der Waals surface area (Å²) in [4.78, 5) is 0. The lowest BCUT2D eigenvalue weighted by atomic mass is 10.0. The van der Waals surface area contributed by atoms with Crippen molar-refractivity contribution in [3.05, 3.63) is 69.8 Å². The molecule has 0 radical (unpaired) electrons. The smallest absolute Gasteiger partial charge is 0.0444 e. The summed E-state index contributed by atoms with van der Waals surface area (Å²) in [5, 5.41) is 4.13. The molecule has 0 bridgehead atoms. The summed E-state index contributed by atoms with van der Waals surface area (Å²) in [6, 6.07) is 10.4. The highest BCUT2D eigenvalue weighted by atomic mass is 35.5. The number of hydrogen-bond acceptors (Lipinski definition) is 1. The van der Waals surface area contributed by atoms with Gasteiger partial charge in [-0.1, -0.05) is 24.2 Å². The number of nitrogens with one attached hydrogen (secondary N) is 1. The topological polar surface area (TPSA) is 12.0 Å². The van der Waals surface area contributed by atoms with Crippen molar-refractivity contribution in [2.75, 3.05) is 5.32 Å². The summed E-state index contributed by atoms with van der Waals surface area (Å²) >= 11 is 6.24. The van der Waals surface area contributed by atoms with Crippen molar-refractivity contribution in [3.63, 3.8) is 0 Å². The molecule has 2 heteroatoms. The predicted octanol–water partition coefficient (Wildman–Crippen LogP) is 5.66. The van der Waals surface area contributed by atoms with Crippen LogP contribution in [0.4, 0.5) is 5.69 Å². The first-order valence-electron chi connectivity index (χ1n) is 6.69. The molecular formula is C18H20ClN. The van der Waals surface area contributed by atoms with Gasteiger partial charge < -0.3 is 5.32 Å². The van der Waals surface area contributed by atoms with Crippen LogP contribution in [0, 0.1) is 27.7 Å².